The minimum absolute atomic E-state index is 0.189. The normalized spacial score (nSPS) is 10.5. The van der Waals surface area contributed by atoms with E-state index >= 15 is 0 Å². The Bertz CT molecular complexity index is 811. The van der Waals surface area contributed by atoms with Crippen LogP contribution in [0.1, 0.15) is 21.7 Å². The molecular weight excluding hydrogens is 356 g/mol. The number of nitrogens with zero attached hydrogens (tertiary/aromatic N) is 1. The second-order valence-corrected chi connectivity index (χ2v) is 6.05. The number of hydrogen-bond acceptors (Lipinski definition) is 3. The van der Waals surface area contributed by atoms with Gasteiger partial charge in [0.15, 0.2) is 0 Å². The molecule has 0 unspecified atom stereocenters. The molecular formula is C18H15BrN2O2. The minimum atomic E-state index is -0.189. The topological polar surface area (TPSA) is 55.1 Å². The van der Waals surface area contributed by atoms with E-state index < -0.39 is 0 Å². The van der Waals surface area contributed by atoms with Gasteiger partial charge in [-0.25, -0.2) is 0 Å². The molecule has 0 bridgehead atoms. The van der Waals surface area contributed by atoms with Crippen LogP contribution in [-0.2, 0) is 6.54 Å². The largest absolute Gasteiger partial charge is 0.360 e. The van der Waals surface area contributed by atoms with E-state index in [4.69, 9.17) is 4.52 Å². The van der Waals surface area contributed by atoms with Crippen molar-refractivity contribution in [3.8, 4) is 11.3 Å². The van der Waals surface area contributed by atoms with Crippen molar-refractivity contribution in [2.24, 2.45) is 0 Å². The van der Waals surface area contributed by atoms with E-state index in [1.54, 1.807) is 6.92 Å². The third-order valence-corrected chi connectivity index (χ3v) is 4.03. The molecule has 3 aromatic rings. The number of hydrogen-bond donors (Lipinski definition) is 1. The molecule has 2 aromatic carbocycles. The molecule has 23 heavy (non-hydrogen) atoms. The van der Waals surface area contributed by atoms with Gasteiger partial charge in [0.05, 0.1) is 0 Å². The predicted octanol–water partition coefficient (Wildman–Crippen LogP) is 4.34. The average molecular weight is 371 g/mol. The van der Waals surface area contributed by atoms with Gasteiger partial charge in [0, 0.05) is 16.6 Å². The summed E-state index contributed by atoms with van der Waals surface area (Å²) in [7, 11) is 0. The van der Waals surface area contributed by atoms with E-state index in [9.17, 15) is 4.79 Å². The van der Waals surface area contributed by atoms with E-state index in [0.717, 1.165) is 15.6 Å². The fourth-order valence-electron chi connectivity index (χ4n) is 2.31. The van der Waals surface area contributed by atoms with Crippen molar-refractivity contribution in [2.45, 2.75) is 13.5 Å². The van der Waals surface area contributed by atoms with E-state index in [1.165, 1.54) is 0 Å². The number of carbonyl (C=O) groups excluding carboxylic acids is 1. The van der Waals surface area contributed by atoms with Crippen LogP contribution in [0, 0.1) is 6.92 Å². The quantitative estimate of drug-likeness (QED) is 0.742. The van der Waals surface area contributed by atoms with Crippen LogP contribution >= 0.6 is 15.9 Å². The highest BCUT2D eigenvalue weighted by molar-refractivity contribution is 9.10. The van der Waals surface area contributed by atoms with Crippen LogP contribution in [-0.4, -0.2) is 11.1 Å². The van der Waals surface area contributed by atoms with E-state index in [1.807, 2.05) is 54.6 Å². The number of halogens is 1. The zero-order chi connectivity index (χ0) is 16.2. The Morgan fingerprint density at radius 1 is 1.13 bits per heavy atom. The lowest BCUT2D eigenvalue weighted by Crippen LogP contribution is -2.23. The number of carbonyl (C=O) groups is 1. The molecule has 1 aromatic heterocycles. The number of benzene rings is 2. The van der Waals surface area contributed by atoms with Crippen LogP contribution in [0.4, 0.5) is 0 Å². The summed E-state index contributed by atoms with van der Waals surface area (Å²) in [6.45, 7) is 2.21. The molecule has 3 rings (SSSR count). The lowest BCUT2D eigenvalue weighted by Gasteiger charge is -2.06. The Balaban J connectivity index is 1.83. The highest BCUT2D eigenvalue weighted by Gasteiger charge is 2.21. The van der Waals surface area contributed by atoms with E-state index in [2.05, 4.69) is 26.4 Å². The molecule has 0 aliphatic carbocycles. The lowest BCUT2D eigenvalue weighted by molar-refractivity contribution is 0.0950. The van der Waals surface area contributed by atoms with Gasteiger partial charge in [0.1, 0.15) is 17.0 Å². The zero-order valence-electron chi connectivity index (χ0n) is 12.5. The molecule has 1 amide bonds. The first kappa shape index (κ1) is 15.5. The summed E-state index contributed by atoms with van der Waals surface area (Å²) in [5.74, 6) is 0.319. The monoisotopic (exact) mass is 370 g/mol. The van der Waals surface area contributed by atoms with Crippen LogP contribution in [0.15, 0.2) is 63.6 Å². The molecule has 1 heterocycles. The number of amides is 1. The molecule has 0 spiro atoms. The van der Waals surface area contributed by atoms with Gasteiger partial charge in [-0.05, 0) is 24.6 Å². The van der Waals surface area contributed by atoms with Crippen molar-refractivity contribution in [1.82, 2.24) is 10.5 Å². The van der Waals surface area contributed by atoms with Gasteiger partial charge in [0.2, 0.25) is 0 Å². The van der Waals surface area contributed by atoms with Crippen molar-refractivity contribution in [3.05, 3.63) is 76.0 Å². The van der Waals surface area contributed by atoms with Crippen LogP contribution in [0.3, 0.4) is 0 Å². The van der Waals surface area contributed by atoms with Crippen molar-refractivity contribution < 1.29 is 9.32 Å². The molecule has 4 nitrogen and oxygen atoms in total. The Hall–Kier alpha value is -2.40. The third kappa shape index (κ3) is 3.51. The van der Waals surface area contributed by atoms with Gasteiger partial charge in [-0.3, -0.25) is 4.79 Å². The van der Waals surface area contributed by atoms with Gasteiger partial charge in [-0.2, -0.15) is 0 Å². The molecule has 0 fully saturated rings. The minimum Gasteiger partial charge on any atom is -0.360 e. The molecule has 0 saturated heterocycles. The van der Waals surface area contributed by atoms with Crippen LogP contribution in [0.2, 0.25) is 0 Å². The highest BCUT2D eigenvalue weighted by Crippen LogP contribution is 2.26. The van der Waals surface area contributed by atoms with Gasteiger partial charge < -0.3 is 9.84 Å². The van der Waals surface area contributed by atoms with Crippen molar-refractivity contribution >= 4 is 21.8 Å². The van der Waals surface area contributed by atoms with Gasteiger partial charge in [-0.15, -0.1) is 0 Å². The maximum atomic E-state index is 12.5. The third-order valence-electron chi connectivity index (χ3n) is 3.50. The molecule has 0 aliphatic heterocycles. The second kappa shape index (κ2) is 6.79. The smallest absolute Gasteiger partial charge is 0.257 e. The summed E-state index contributed by atoms with van der Waals surface area (Å²) in [4.78, 5) is 12.5. The fourth-order valence-corrected chi connectivity index (χ4v) is 2.58. The van der Waals surface area contributed by atoms with Crippen LogP contribution < -0.4 is 5.32 Å². The summed E-state index contributed by atoms with van der Waals surface area (Å²) in [6.07, 6.45) is 0. The molecule has 5 heteroatoms. The summed E-state index contributed by atoms with van der Waals surface area (Å²) in [6, 6.07) is 17.4. The Kier molecular flexibility index (Phi) is 4.57. The number of aromatic nitrogens is 1. The van der Waals surface area contributed by atoms with Gasteiger partial charge >= 0.3 is 0 Å². The standard InChI is InChI=1S/C18H15BrN2O2/c1-12-16(18(22)20-11-13-5-3-2-4-6-13)17(21-23-12)14-7-9-15(19)10-8-14/h2-10H,11H2,1H3,(H,20,22). The Labute approximate surface area is 142 Å². The Morgan fingerprint density at radius 3 is 2.52 bits per heavy atom. The molecule has 0 atom stereocenters. The van der Waals surface area contributed by atoms with Crippen molar-refractivity contribution in [2.75, 3.05) is 0 Å². The Morgan fingerprint density at radius 2 is 1.83 bits per heavy atom. The average Bonchev–Trinajstić information content (AvgIpc) is 2.96. The molecule has 0 aliphatic rings. The predicted molar refractivity (Wildman–Crippen MR) is 92.0 cm³/mol. The highest BCUT2D eigenvalue weighted by atomic mass is 79.9. The van der Waals surface area contributed by atoms with Gasteiger partial charge in [-0.1, -0.05) is 63.6 Å². The maximum Gasteiger partial charge on any atom is 0.257 e. The molecule has 1 N–H and O–H groups in total. The molecule has 0 radical (unpaired) electrons. The molecule has 0 saturated carbocycles. The van der Waals surface area contributed by atoms with Crippen LogP contribution in [0.25, 0.3) is 11.3 Å². The van der Waals surface area contributed by atoms with Gasteiger partial charge in [0.25, 0.3) is 5.91 Å². The number of nitrogens with one attached hydrogen (secondary N) is 1. The SMILES string of the molecule is Cc1onc(-c2ccc(Br)cc2)c1C(=O)NCc1ccccc1. The molecule has 116 valence electrons. The lowest BCUT2D eigenvalue weighted by atomic mass is 10.1. The summed E-state index contributed by atoms with van der Waals surface area (Å²) in [5.41, 5.74) is 2.92. The fraction of sp³-hybridized carbons (Fsp3) is 0.111. The summed E-state index contributed by atoms with van der Waals surface area (Å²) >= 11 is 3.40. The van der Waals surface area contributed by atoms with E-state index in [-0.39, 0.29) is 5.91 Å². The number of aryl methyl sites for hydroxylation is 1. The summed E-state index contributed by atoms with van der Waals surface area (Å²) in [5, 5.41) is 6.96. The number of rotatable bonds is 4. The first-order valence-electron chi connectivity index (χ1n) is 7.19. The second-order valence-electron chi connectivity index (χ2n) is 5.14. The zero-order valence-corrected chi connectivity index (χ0v) is 14.1. The summed E-state index contributed by atoms with van der Waals surface area (Å²) < 4.78 is 6.20. The van der Waals surface area contributed by atoms with Crippen molar-refractivity contribution in [1.29, 1.82) is 0 Å². The van der Waals surface area contributed by atoms with E-state index in [0.29, 0.717) is 23.6 Å². The first-order valence-corrected chi connectivity index (χ1v) is 7.99. The van der Waals surface area contributed by atoms with Crippen molar-refractivity contribution in [3.63, 3.8) is 0 Å². The van der Waals surface area contributed by atoms with Crippen LogP contribution in [0.5, 0.6) is 0 Å². The maximum absolute atomic E-state index is 12.5. The first-order chi connectivity index (χ1) is 11.1.